The van der Waals surface area contributed by atoms with E-state index in [2.05, 4.69) is 21.5 Å². The van der Waals surface area contributed by atoms with Crippen LogP contribution in [0.3, 0.4) is 0 Å². The molecule has 0 aliphatic rings. The number of carbonyl (C=O) groups is 3. The molecule has 0 saturated carbocycles. The number of rotatable bonds is 4. The quantitative estimate of drug-likeness (QED) is 0.852. The van der Waals surface area contributed by atoms with E-state index in [0.717, 1.165) is 9.49 Å². The van der Waals surface area contributed by atoms with Crippen LogP contribution >= 0.6 is 16.1 Å². The van der Waals surface area contributed by atoms with Gasteiger partial charge >= 0.3 is 6.09 Å². The predicted molar refractivity (Wildman–Crippen MR) is 71.1 cm³/mol. The first-order valence-corrected chi connectivity index (χ1v) is 6.15. The first-order chi connectivity index (χ1) is 9.00. The zero-order chi connectivity index (χ0) is 14.3. The van der Waals surface area contributed by atoms with Gasteiger partial charge in [-0.05, 0) is 5.56 Å². The molecule has 0 unspecified atom stereocenters. The fraction of sp³-hybridized carbons (Fsp3) is 0.250. The molecule has 102 valence electrons. The molecule has 0 saturated heterocycles. The number of carbonyl (C=O) groups excluding carboxylic acids is 3. The van der Waals surface area contributed by atoms with Crippen LogP contribution in [0.25, 0.3) is 0 Å². The molecule has 19 heavy (non-hydrogen) atoms. The molecule has 1 N–H and O–H groups in total. The summed E-state index contributed by atoms with van der Waals surface area (Å²) in [6.07, 6.45) is -0.721. The number of nitrogens with zero attached hydrogens (tertiary/aromatic N) is 1. The van der Waals surface area contributed by atoms with Gasteiger partial charge in [-0.15, -0.1) is 0 Å². The van der Waals surface area contributed by atoms with E-state index in [9.17, 15) is 14.4 Å². The molecule has 0 aliphatic carbocycles. The number of hydrogen-bond acceptors (Lipinski definition) is 4. The third-order valence-electron chi connectivity index (χ3n) is 2.09. The molecule has 0 radical (unpaired) electrons. The van der Waals surface area contributed by atoms with Gasteiger partial charge < -0.3 is 10.1 Å². The van der Waals surface area contributed by atoms with Crippen molar-refractivity contribution in [3.05, 3.63) is 35.9 Å². The van der Waals surface area contributed by atoms with Crippen LogP contribution in [0.5, 0.6) is 0 Å². The van der Waals surface area contributed by atoms with E-state index in [4.69, 9.17) is 4.74 Å². The van der Waals surface area contributed by atoms with Crippen molar-refractivity contribution in [2.24, 2.45) is 0 Å². The van der Waals surface area contributed by atoms with Gasteiger partial charge in [0.1, 0.15) is 13.2 Å². The second-order valence-corrected chi connectivity index (χ2v) is 4.32. The summed E-state index contributed by atoms with van der Waals surface area (Å²) >= 11 is 2.78. The summed E-state index contributed by atoms with van der Waals surface area (Å²) in [6.45, 7) is 1.02. The van der Waals surface area contributed by atoms with Crippen molar-refractivity contribution in [1.82, 2.24) is 9.24 Å². The highest BCUT2D eigenvalue weighted by Crippen LogP contribution is 2.01. The maximum absolute atomic E-state index is 11.4. The predicted octanol–water partition coefficient (Wildman–Crippen LogP) is 1.60. The minimum atomic E-state index is -0.721. The Balaban J connectivity index is 2.29. The van der Waals surface area contributed by atoms with Gasteiger partial charge in [0.05, 0.1) is 16.1 Å². The van der Waals surface area contributed by atoms with Gasteiger partial charge in [0.15, 0.2) is 0 Å². The van der Waals surface area contributed by atoms with Crippen LogP contribution in [0.1, 0.15) is 12.5 Å². The second-order valence-electron chi connectivity index (χ2n) is 3.61. The van der Waals surface area contributed by atoms with Crippen LogP contribution < -0.4 is 5.32 Å². The maximum Gasteiger partial charge on any atom is 0.407 e. The Morgan fingerprint density at radius 3 is 2.47 bits per heavy atom. The topological polar surface area (TPSA) is 75.7 Å². The van der Waals surface area contributed by atoms with Crippen molar-refractivity contribution in [2.75, 3.05) is 6.54 Å². The molecule has 6 nitrogen and oxygen atoms in total. The van der Waals surface area contributed by atoms with Gasteiger partial charge in [0.2, 0.25) is 5.91 Å². The van der Waals surface area contributed by atoms with Crippen LogP contribution in [0.4, 0.5) is 4.79 Å². The standard InChI is InChI=1S/C12H13BrN2O4/c1-9(16)15(13)11(17)7-14-12(18)19-8-10-5-3-2-4-6-10/h2-6H,7-8H2,1H3,(H,14,18). The number of alkyl carbamates (subject to hydrolysis) is 1. The van der Waals surface area contributed by atoms with E-state index in [1.165, 1.54) is 6.92 Å². The minimum absolute atomic E-state index is 0.117. The third-order valence-corrected chi connectivity index (χ3v) is 2.99. The summed E-state index contributed by atoms with van der Waals surface area (Å²) in [6, 6.07) is 9.14. The fourth-order valence-electron chi connectivity index (χ4n) is 1.17. The van der Waals surface area contributed by atoms with Crippen LogP contribution in [-0.4, -0.2) is 28.4 Å². The summed E-state index contributed by atoms with van der Waals surface area (Å²) in [5.74, 6) is -1.05. The lowest BCUT2D eigenvalue weighted by Crippen LogP contribution is -2.37. The van der Waals surface area contributed by atoms with Gasteiger partial charge in [-0.1, -0.05) is 30.3 Å². The molecule has 0 atom stereocenters. The first-order valence-electron chi connectivity index (χ1n) is 5.44. The van der Waals surface area contributed by atoms with Crippen molar-refractivity contribution in [3.8, 4) is 0 Å². The summed E-state index contributed by atoms with van der Waals surface area (Å²) in [7, 11) is 0. The van der Waals surface area contributed by atoms with Crippen molar-refractivity contribution in [2.45, 2.75) is 13.5 Å². The van der Waals surface area contributed by atoms with Crippen molar-refractivity contribution < 1.29 is 19.1 Å². The average molecular weight is 329 g/mol. The molecule has 0 aromatic heterocycles. The zero-order valence-corrected chi connectivity index (χ0v) is 11.8. The lowest BCUT2D eigenvalue weighted by Gasteiger charge is -2.11. The number of halogens is 1. The zero-order valence-electron chi connectivity index (χ0n) is 10.3. The molecular formula is C12H13BrN2O4. The molecule has 0 aliphatic heterocycles. The first kappa shape index (κ1) is 15.2. The highest BCUT2D eigenvalue weighted by Gasteiger charge is 2.15. The van der Waals surface area contributed by atoms with Crippen molar-refractivity contribution in [1.29, 1.82) is 0 Å². The Morgan fingerprint density at radius 2 is 1.89 bits per heavy atom. The summed E-state index contributed by atoms with van der Waals surface area (Å²) in [4.78, 5) is 33.5. The van der Waals surface area contributed by atoms with Gasteiger partial charge in [-0.2, -0.15) is 0 Å². The van der Waals surface area contributed by atoms with Crippen molar-refractivity contribution >= 4 is 34.1 Å². The Kier molecular flexibility index (Phi) is 6.01. The molecule has 0 spiro atoms. The minimum Gasteiger partial charge on any atom is -0.445 e. The molecule has 1 aromatic carbocycles. The van der Waals surface area contributed by atoms with E-state index >= 15 is 0 Å². The monoisotopic (exact) mass is 328 g/mol. The molecule has 7 heteroatoms. The van der Waals surface area contributed by atoms with E-state index in [0.29, 0.717) is 0 Å². The van der Waals surface area contributed by atoms with Crippen LogP contribution in [-0.2, 0) is 20.9 Å². The van der Waals surface area contributed by atoms with Crippen LogP contribution in [0.15, 0.2) is 30.3 Å². The number of nitrogens with one attached hydrogen (secondary N) is 1. The smallest absolute Gasteiger partial charge is 0.407 e. The van der Waals surface area contributed by atoms with E-state index < -0.39 is 17.9 Å². The molecule has 1 rings (SSSR count). The number of imide groups is 1. The van der Waals surface area contributed by atoms with Gasteiger partial charge in [-0.3, -0.25) is 9.59 Å². The van der Waals surface area contributed by atoms with E-state index in [-0.39, 0.29) is 13.2 Å². The van der Waals surface area contributed by atoms with E-state index in [1.54, 1.807) is 0 Å². The number of amides is 3. The number of benzene rings is 1. The summed E-state index contributed by atoms with van der Waals surface area (Å²) in [5, 5.41) is 2.25. The normalized spacial score (nSPS) is 9.58. The molecule has 0 fully saturated rings. The Morgan fingerprint density at radius 1 is 1.26 bits per heavy atom. The maximum atomic E-state index is 11.4. The molecule has 1 aromatic rings. The highest BCUT2D eigenvalue weighted by molar-refractivity contribution is 9.08. The van der Waals surface area contributed by atoms with E-state index in [1.807, 2.05) is 30.3 Å². The summed E-state index contributed by atoms with van der Waals surface area (Å²) in [5.41, 5.74) is 0.842. The molecular weight excluding hydrogens is 316 g/mol. The summed E-state index contributed by atoms with van der Waals surface area (Å²) < 4.78 is 5.64. The second kappa shape index (κ2) is 7.52. The third kappa shape index (κ3) is 5.52. The Bertz CT molecular complexity index is 464. The number of hydrogen-bond donors (Lipinski definition) is 1. The largest absolute Gasteiger partial charge is 0.445 e. The molecule has 0 bridgehead atoms. The van der Waals surface area contributed by atoms with Crippen molar-refractivity contribution in [3.63, 3.8) is 0 Å². The Labute approximate surface area is 119 Å². The molecule has 0 heterocycles. The Hall–Kier alpha value is -1.89. The number of ether oxygens (including phenoxy) is 1. The fourth-order valence-corrected chi connectivity index (χ4v) is 1.29. The van der Waals surface area contributed by atoms with Gasteiger partial charge in [-0.25, -0.2) is 8.72 Å². The lowest BCUT2D eigenvalue weighted by molar-refractivity contribution is -0.135. The SMILES string of the molecule is CC(=O)N(Br)C(=O)CNC(=O)OCc1ccccc1. The van der Waals surface area contributed by atoms with Gasteiger partial charge in [0.25, 0.3) is 5.91 Å². The van der Waals surface area contributed by atoms with Crippen LogP contribution in [0, 0.1) is 0 Å². The molecule has 3 amide bonds. The highest BCUT2D eigenvalue weighted by atomic mass is 79.9. The lowest BCUT2D eigenvalue weighted by atomic mass is 10.2. The average Bonchev–Trinajstić information content (AvgIpc) is 2.42. The van der Waals surface area contributed by atoms with Gasteiger partial charge in [0, 0.05) is 6.92 Å². The van der Waals surface area contributed by atoms with Crippen LogP contribution in [0.2, 0.25) is 0 Å².